The number of rotatable bonds is 6. The molecule has 0 saturated heterocycles. The van der Waals surface area contributed by atoms with Gasteiger partial charge in [0.05, 0.1) is 6.42 Å². The summed E-state index contributed by atoms with van der Waals surface area (Å²) in [5.41, 5.74) is 0. The summed E-state index contributed by atoms with van der Waals surface area (Å²) >= 11 is 3.46. The first-order valence-electron chi connectivity index (χ1n) is 4.11. The van der Waals surface area contributed by atoms with E-state index >= 15 is 0 Å². The third-order valence-electron chi connectivity index (χ3n) is 1.53. The molecule has 0 aromatic carbocycles. The minimum Gasteiger partial charge on any atom is -0.481 e. The fourth-order valence-corrected chi connectivity index (χ4v) is 2.61. The average Bonchev–Trinajstić information content (AvgIpc) is 2.55. The van der Waals surface area contributed by atoms with Crippen LogP contribution in [-0.4, -0.2) is 22.6 Å². The van der Waals surface area contributed by atoms with Crippen molar-refractivity contribution in [2.45, 2.75) is 12.8 Å². The first kappa shape index (κ1) is 10.6. The van der Waals surface area contributed by atoms with Crippen molar-refractivity contribution in [2.75, 3.05) is 11.5 Å². The molecule has 72 valence electrons. The number of hydrogen-bond acceptors (Lipinski definition) is 3. The van der Waals surface area contributed by atoms with Crippen LogP contribution in [0.5, 0.6) is 0 Å². The minimum absolute atomic E-state index is 0.273. The van der Waals surface area contributed by atoms with Crippen molar-refractivity contribution in [2.24, 2.45) is 0 Å². The minimum atomic E-state index is -0.705. The molecule has 0 aliphatic rings. The third-order valence-corrected chi connectivity index (χ3v) is 3.45. The van der Waals surface area contributed by atoms with Gasteiger partial charge in [0.25, 0.3) is 0 Å². The van der Waals surface area contributed by atoms with Gasteiger partial charge < -0.3 is 5.11 Å². The van der Waals surface area contributed by atoms with Gasteiger partial charge in [0.1, 0.15) is 0 Å². The molecule has 0 radical (unpaired) electrons. The second-order valence-electron chi connectivity index (χ2n) is 2.59. The van der Waals surface area contributed by atoms with Crippen LogP contribution < -0.4 is 0 Å². The molecule has 13 heavy (non-hydrogen) atoms. The molecule has 0 bridgehead atoms. The summed E-state index contributed by atoms with van der Waals surface area (Å²) in [5, 5.41) is 10.5. The summed E-state index contributed by atoms with van der Waals surface area (Å²) in [6, 6.07) is 4.16. The molecule has 0 amide bonds. The lowest BCUT2D eigenvalue weighted by Crippen LogP contribution is -1.97. The Hall–Kier alpha value is -0.480. The number of carbonyl (C=O) groups is 1. The molecule has 0 spiro atoms. The predicted molar refractivity (Wildman–Crippen MR) is 57.6 cm³/mol. The lowest BCUT2D eigenvalue weighted by atomic mass is 10.4. The third kappa shape index (κ3) is 4.95. The van der Waals surface area contributed by atoms with Crippen LogP contribution in [0.15, 0.2) is 17.5 Å². The van der Waals surface area contributed by atoms with E-state index in [4.69, 9.17) is 5.11 Å². The standard InChI is InChI=1S/C9H12O2S2/c10-9(11)4-7-12-6-3-8-2-1-5-13-8/h1-2,5H,3-4,6-7H2,(H,10,11). The van der Waals surface area contributed by atoms with Crippen LogP contribution in [0.3, 0.4) is 0 Å². The Balaban J connectivity index is 1.99. The van der Waals surface area contributed by atoms with Crippen LogP contribution in [0.1, 0.15) is 11.3 Å². The van der Waals surface area contributed by atoms with Gasteiger partial charge >= 0.3 is 5.97 Å². The van der Waals surface area contributed by atoms with E-state index in [-0.39, 0.29) is 6.42 Å². The maximum Gasteiger partial charge on any atom is 0.304 e. The summed E-state index contributed by atoms with van der Waals surface area (Å²) in [7, 11) is 0. The second kappa shape index (κ2) is 6.05. The van der Waals surface area contributed by atoms with E-state index in [1.807, 2.05) is 6.07 Å². The monoisotopic (exact) mass is 216 g/mol. The number of carboxylic acids is 1. The fourth-order valence-electron chi connectivity index (χ4n) is 0.889. The summed E-state index contributed by atoms with van der Waals surface area (Å²) in [4.78, 5) is 11.6. The highest BCUT2D eigenvalue weighted by atomic mass is 32.2. The Labute approximate surface area is 86.0 Å². The second-order valence-corrected chi connectivity index (χ2v) is 4.84. The van der Waals surface area contributed by atoms with Gasteiger partial charge in [-0.25, -0.2) is 0 Å². The van der Waals surface area contributed by atoms with E-state index in [2.05, 4.69) is 11.4 Å². The zero-order valence-electron chi connectivity index (χ0n) is 7.23. The van der Waals surface area contributed by atoms with Crippen molar-refractivity contribution in [3.8, 4) is 0 Å². The van der Waals surface area contributed by atoms with Crippen molar-refractivity contribution in [3.05, 3.63) is 22.4 Å². The highest BCUT2D eigenvalue weighted by molar-refractivity contribution is 7.99. The number of aliphatic carboxylic acids is 1. The predicted octanol–water partition coefficient (Wildman–Crippen LogP) is 2.50. The summed E-state index contributed by atoms with van der Waals surface area (Å²) in [6.45, 7) is 0. The highest BCUT2D eigenvalue weighted by Crippen LogP contribution is 2.12. The molecular weight excluding hydrogens is 204 g/mol. The topological polar surface area (TPSA) is 37.3 Å². The van der Waals surface area contributed by atoms with E-state index in [9.17, 15) is 4.79 Å². The first-order valence-corrected chi connectivity index (χ1v) is 6.14. The molecule has 0 saturated carbocycles. The number of hydrogen-bond donors (Lipinski definition) is 1. The smallest absolute Gasteiger partial charge is 0.304 e. The van der Waals surface area contributed by atoms with E-state index in [1.54, 1.807) is 23.1 Å². The Morgan fingerprint density at radius 2 is 2.38 bits per heavy atom. The van der Waals surface area contributed by atoms with Gasteiger partial charge in [-0.05, 0) is 23.6 Å². The van der Waals surface area contributed by atoms with Crippen LogP contribution in [-0.2, 0) is 11.2 Å². The number of carboxylic acid groups (broad SMARTS) is 1. The first-order chi connectivity index (χ1) is 6.29. The fraction of sp³-hybridized carbons (Fsp3) is 0.444. The SMILES string of the molecule is O=C(O)CCSCCc1cccs1. The Kier molecular flexibility index (Phi) is 4.93. The maximum atomic E-state index is 10.2. The molecule has 1 N–H and O–H groups in total. The molecule has 2 nitrogen and oxygen atoms in total. The molecular formula is C9H12O2S2. The van der Waals surface area contributed by atoms with E-state index in [1.165, 1.54) is 4.88 Å². The van der Waals surface area contributed by atoms with Crippen molar-refractivity contribution in [3.63, 3.8) is 0 Å². The lowest BCUT2D eigenvalue weighted by Gasteiger charge is -1.97. The van der Waals surface area contributed by atoms with Crippen molar-refractivity contribution >= 4 is 29.1 Å². The van der Waals surface area contributed by atoms with Crippen molar-refractivity contribution in [1.29, 1.82) is 0 Å². The molecule has 4 heteroatoms. The Bertz CT molecular complexity index is 244. The van der Waals surface area contributed by atoms with Crippen LogP contribution in [0.25, 0.3) is 0 Å². The summed E-state index contributed by atoms with van der Waals surface area (Å²) in [6.07, 6.45) is 1.33. The van der Waals surface area contributed by atoms with Gasteiger partial charge in [0.2, 0.25) is 0 Å². The number of thioether (sulfide) groups is 1. The molecule has 1 aromatic rings. The van der Waals surface area contributed by atoms with Gasteiger partial charge in [0, 0.05) is 10.6 Å². The largest absolute Gasteiger partial charge is 0.481 e. The molecule has 1 aromatic heterocycles. The zero-order chi connectivity index (χ0) is 9.52. The average molecular weight is 216 g/mol. The zero-order valence-corrected chi connectivity index (χ0v) is 8.87. The molecule has 1 heterocycles. The summed E-state index contributed by atoms with van der Waals surface area (Å²) in [5.74, 6) is 1.04. The van der Waals surface area contributed by atoms with Crippen molar-refractivity contribution < 1.29 is 9.90 Å². The number of thiophene rings is 1. The van der Waals surface area contributed by atoms with Crippen LogP contribution in [0.2, 0.25) is 0 Å². The Morgan fingerprint density at radius 3 is 3.00 bits per heavy atom. The van der Waals surface area contributed by atoms with Crippen molar-refractivity contribution in [1.82, 2.24) is 0 Å². The van der Waals surface area contributed by atoms with Crippen LogP contribution in [0, 0.1) is 0 Å². The van der Waals surface area contributed by atoms with E-state index in [0.29, 0.717) is 0 Å². The van der Waals surface area contributed by atoms with Gasteiger partial charge in [0.15, 0.2) is 0 Å². The normalized spacial score (nSPS) is 10.2. The van der Waals surface area contributed by atoms with E-state index < -0.39 is 5.97 Å². The Morgan fingerprint density at radius 1 is 1.54 bits per heavy atom. The molecule has 0 aliphatic heterocycles. The van der Waals surface area contributed by atoms with Gasteiger partial charge in [-0.3, -0.25) is 4.79 Å². The van der Waals surface area contributed by atoms with Gasteiger partial charge in [-0.2, -0.15) is 11.8 Å². The molecule has 0 fully saturated rings. The number of aryl methyl sites for hydroxylation is 1. The molecule has 0 atom stereocenters. The molecule has 0 aliphatic carbocycles. The quantitative estimate of drug-likeness (QED) is 0.742. The van der Waals surface area contributed by atoms with Gasteiger partial charge in [-0.15, -0.1) is 11.3 Å². The molecule has 0 unspecified atom stereocenters. The lowest BCUT2D eigenvalue weighted by molar-refractivity contribution is -0.136. The maximum absolute atomic E-state index is 10.2. The van der Waals surface area contributed by atoms with Gasteiger partial charge in [-0.1, -0.05) is 6.07 Å². The van der Waals surface area contributed by atoms with E-state index in [0.717, 1.165) is 17.9 Å². The van der Waals surface area contributed by atoms with Crippen LogP contribution >= 0.6 is 23.1 Å². The van der Waals surface area contributed by atoms with Crippen LogP contribution in [0.4, 0.5) is 0 Å². The highest BCUT2D eigenvalue weighted by Gasteiger charge is 1.97. The summed E-state index contributed by atoms with van der Waals surface area (Å²) < 4.78 is 0. The molecule has 1 rings (SSSR count).